The molecule has 1 saturated carbocycles. The maximum Gasteiger partial charge on any atom is 0.0446 e. The fourth-order valence-corrected chi connectivity index (χ4v) is 4.38. The number of benzene rings is 1. The van der Waals surface area contributed by atoms with E-state index in [1.54, 1.807) is 0 Å². The first kappa shape index (κ1) is 14.8. The van der Waals surface area contributed by atoms with E-state index in [0.717, 1.165) is 12.5 Å². The van der Waals surface area contributed by atoms with Gasteiger partial charge in [0.15, 0.2) is 0 Å². The van der Waals surface area contributed by atoms with E-state index in [2.05, 4.69) is 54.9 Å². The minimum absolute atomic E-state index is 0.535. The lowest BCUT2D eigenvalue weighted by molar-refractivity contribution is 0.370. The maximum atomic E-state index is 3.86. The third-order valence-corrected chi connectivity index (χ3v) is 5.91. The zero-order chi connectivity index (χ0) is 14.7. The molecule has 0 spiro atoms. The molecule has 1 atom stereocenters. The summed E-state index contributed by atoms with van der Waals surface area (Å²) in [6, 6.07) is 11.6. The second-order valence-electron chi connectivity index (χ2n) is 6.28. The molecule has 1 unspecified atom stereocenters. The van der Waals surface area contributed by atoms with Crippen molar-refractivity contribution in [2.24, 2.45) is 5.92 Å². The summed E-state index contributed by atoms with van der Waals surface area (Å²) in [4.78, 5) is 1.51. The van der Waals surface area contributed by atoms with Gasteiger partial charge in [-0.2, -0.15) is 0 Å². The number of hydrogen-bond donors (Lipinski definition) is 1. The van der Waals surface area contributed by atoms with Crippen LogP contribution < -0.4 is 5.32 Å². The Morgan fingerprint density at radius 1 is 1.14 bits per heavy atom. The SMILES string of the molecule is Cc1cccc(CNC(c2cccs2)C2CCCC2)c1C. The molecular weight excluding hydrogens is 274 g/mol. The standard InChI is InChI=1S/C19H25NS/c1-14-7-5-10-17(15(14)2)13-20-19(16-8-3-4-9-16)18-11-6-12-21-18/h5-7,10-12,16,19-20H,3-4,8-9,13H2,1-2H3. The van der Waals surface area contributed by atoms with Gasteiger partial charge in [-0.15, -0.1) is 11.3 Å². The van der Waals surface area contributed by atoms with Crippen LogP contribution in [-0.2, 0) is 6.54 Å². The van der Waals surface area contributed by atoms with Gasteiger partial charge in [-0.1, -0.05) is 37.1 Å². The smallest absolute Gasteiger partial charge is 0.0446 e. The average Bonchev–Trinajstić information content (AvgIpc) is 3.17. The number of nitrogens with one attached hydrogen (secondary N) is 1. The summed E-state index contributed by atoms with van der Waals surface area (Å²) < 4.78 is 0. The van der Waals surface area contributed by atoms with Crippen molar-refractivity contribution >= 4 is 11.3 Å². The molecule has 2 aromatic rings. The normalized spacial score (nSPS) is 17.2. The van der Waals surface area contributed by atoms with Gasteiger partial charge in [-0.25, -0.2) is 0 Å². The van der Waals surface area contributed by atoms with Crippen molar-refractivity contribution in [2.75, 3.05) is 0 Å². The fourth-order valence-electron chi connectivity index (χ4n) is 3.48. The molecular formula is C19H25NS. The summed E-state index contributed by atoms with van der Waals surface area (Å²) in [6.45, 7) is 5.42. The van der Waals surface area contributed by atoms with Crippen LogP contribution in [-0.4, -0.2) is 0 Å². The maximum absolute atomic E-state index is 3.86. The average molecular weight is 299 g/mol. The molecule has 0 bridgehead atoms. The summed E-state index contributed by atoms with van der Waals surface area (Å²) in [5.41, 5.74) is 4.26. The number of hydrogen-bond acceptors (Lipinski definition) is 2. The largest absolute Gasteiger partial charge is 0.305 e. The Hall–Kier alpha value is -1.12. The summed E-state index contributed by atoms with van der Waals surface area (Å²) in [5.74, 6) is 0.814. The van der Waals surface area contributed by atoms with Crippen LogP contribution in [0.3, 0.4) is 0 Å². The van der Waals surface area contributed by atoms with Gasteiger partial charge < -0.3 is 5.32 Å². The monoisotopic (exact) mass is 299 g/mol. The zero-order valence-corrected chi connectivity index (χ0v) is 13.9. The van der Waals surface area contributed by atoms with E-state index < -0.39 is 0 Å². The minimum atomic E-state index is 0.535. The molecule has 112 valence electrons. The van der Waals surface area contributed by atoms with Gasteiger partial charge in [0.2, 0.25) is 0 Å². The van der Waals surface area contributed by atoms with Gasteiger partial charge >= 0.3 is 0 Å². The van der Waals surface area contributed by atoms with Crippen LogP contribution in [0.4, 0.5) is 0 Å². The van der Waals surface area contributed by atoms with Crippen molar-refractivity contribution in [2.45, 2.75) is 52.1 Å². The van der Waals surface area contributed by atoms with Gasteiger partial charge in [0.25, 0.3) is 0 Å². The second-order valence-corrected chi connectivity index (χ2v) is 7.26. The third-order valence-electron chi connectivity index (χ3n) is 4.95. The molecule has 3 rings (SSSR count). The first-order valence-corrected chi connectivity index (χ1v) is 8.95. The Labute approximate surface area is 132 Å². The molecule has 0 saturated heterocycles. The highest BCUT2D eigenvalue weighted by atomic mass is 32.1. The minimum Gasteiger partial charge on any atom is -0.305 e. The summed E-state index contributed by atoms with van der Waals surface area (Å²) in [7, 11) is 0. The lowest BCUT2D eigenvalue weighted by atomic mass is 9.96. The molecule has 0 amide bonds. The molecule has 1 N–H and O–H groups in total. The number of thiophene rings is 1. The van der Waals surface area contributed by atoms with Gasteiger partial charge in [0, 0.05) is 17.5 Å². The van der Waals surface area contributed by atoms with Gasteiger partial charge in [-0.05, 0) is 60.7 Å². The van der Waals surface area contributed by atoms with Crippen molar-refractivity contribution in [3.8, 4) is 0 Å². The molecule has 0 radical (unpaired) electrons. The van der Waals surface area contributed by atoms with E-state index in [0.29, 0.717) is 6.04 Å². The molecule has 1 aromatic carbocycles. The van der Waals surface area contributed by atoms with Crippen molar-refractivity contribution in [1.29, 1.82) is 0 Å². The van der Waals surface area contributed by atoms with Crippen LogP contribution in [0, 0.1) is 19.8 Å². The van der Waals surface area contributed by atoms with Crippen LogP contribution >= 0.6 is 11.3 Å². The Balaban J connectivity index is 1.74. The summed E-state index contributed by atoms with van der Waals surface area (Å²) in [6.07, 6.45) is 5.56. The van der Waals surface area contributed by atoms with Crippen LogP contribution in [0.2, 0.25) is 0 Å². The van der Waals surface area contributed by atoms with Gasteiger partial charge in [0.1, 0.15) is 0 Å². The predicted molar refractivity (Wildman–Crippen MR) is 91.8 cm³/mol. The molecule has 1 nitrogen and oxygen atoms in total. The summed E-state index contributed by atoms with van der Waals surface area (Å²) >= 11 is 1.90. The predicted octanol–water partition coefficient (Wildman–Crippen LogP) is 5.39. The van der Waals surface area contributed by atoms with Gasteiger partial charge in [-0.3, -0.25) is 0 Å². The Morgan fingerprint density at radius 3 is 2.67 bits per heavy atom. The Morgan fingerprint density at radius 2 is 1.95 bits per heavy atom. The first-order chi connectivity index (χ1) is 10.3. The van der Waals surface area contributed by atoms with Crippen LogP contribution in [0.5, 0.6) is 0 Å². The second kappa shape index (κ2) is 6.76. The highest BCUT2D eigenvalue weighted by Gasteiger charge is 2.26. The lowest BCUT2D eigenvalue weighted by Crippen LogP contribution is -2.26. The summed E-state index contributed by atoms with van der Waals surface area (Å²) in [5, 5.41) is 6.06. The fraction of sp³-hybridized carbons (Fsp3) is 0.474. The molecule has 0 aliphatic heterocycles. The topological polar surface area (TPSA) is 12.0 Å². The molecule has 1 heterocycles. The van der Waals surface area contributed by atoms with E-state index >= 15 is 0 Å². The van der Waals surface area contributed by atoms with Crippen LogP contribution in [0.25, 0.3) is 0 Å². The molecule has 21 heavy (non-hydrogen) atoms. The van der Waals surface area contributed by atoms with Crippen molar-refractivity contribution in [3.05, 3.63) is 57.3 Å². The van der Waals surface area contributed by atoms with Crippen molar-refractivity contribution < 1.29 is 0 Å². The van der Waals surface area contributed by atoms with Crippen LogP contribution in [0.15, 0.2) is 35.7 Å². The van der Waals surface area contributed by atoms with E-state index in [9.17, 15) is 0 Å². The Kier molecular flexibility index (Phi) is 4.77. The molecule has 1 aliphatic carbocycles. The van der Waals surface area contributed by atoms with Gasteiger partial charge in [0.05, 0.1) is 0 Å². The quantitative estimate of drug-likeness (QED) is 0.781. The van der Waals surface area contributed by atoms with Crippen molar-refractivity contribution in [3.63, 3.8) is 0 Å². The highest BCUT2D eigenvalue weighted by molar-refractivity contribution is 7.10. The molecule has 1 fully saturated rings. The third kappa shape index (κ3) is 3.38. The van der Waals surface area contributed by atoms with E-state index in [1.165, 1.54) is 47.3 Å². The van der Waals surface area contributed by atoms with Crippen molar-refractivity contribution in [1.82, 2.24) is 5.32 Å². The molecule has 1 aromatic heterocycles. The zero-order valence-electron chi connectivity index (χ0n) is 13.1. The van der Waals surface area contributed by atoms with Crippen LogP contribution in [0.1, 0.15) is 53.3 Å². The number of rotatable bonds is 5. The highest BCUT2D eigenvalue weighted by Crippen LogP contribution is 2.37. The first-order valence-electron chi connectivity index (χ1n) is 8.07. The van der Waals surface area contributed by atoms with E-state index in [4.69, 9.17) is 0 Å². The Bertz CT molecular complexity index is 567. The number of aryl methyl sites for hydroxylation is 1. The van der Waals surface area contributed by atoms with E-state index in [1.807, 2.05) is 11.3 Å². The lowest BCUT2D eigenvalue weighted by Gasteiger charge is -2.24. The molecule has 2 heteroatoms. The van der Waals surface area contributed by atoms with E-state index in [-0.39, 0.29) is 0 Å². The molecule has 1 aliphatic rings.